The van der Waals surface area contributed by atoms with Crippen LogP contribution in [0, 0.1) is 11.7 Å². The molecule has 6 nitrogen and oxygen atoms in total. The van der Waals surface area contributed by atoms with Gasteiger partial charge in [0.25, 0.3) is 11.7 Å². The van der Waals surface area contributed by atoms with Gasteiger partial charge < -0.3 is 19.6 Å². The minimum atomic E-state index is -0.799. The van der Waals surface area contributed by atoms with E-state index in [1.54, 1.807) is 24.3 Å². The highest BCUT2D eigenvalue weighted by Crippen LogP contribution is 2.39. The molecule has 1 heterocycles. The second kappa shape index (κ2) is 9.96. The molecular weight excluding hydrogens is 411 g/mol. The fourth-order valence-electron chi connectivity index (χ4n) is 3.54. The van der Waals surface area contributed by atoms with Gasteiger partial charge in [-0.05, 0) is 62.0 Å². The molecule has 0 bridgehead atoms. The minimum Gasteiger partial charge on any atom is -0.507 e. The van der Waals surface area contributed by atoms with E-state index in [1.807, 2.05) is 32.8 Å². The quantitative estimate of drug-likeness (QED) is 0.384. The fraction of sp³-hybridized carbons (Fsp3) is 0.360. The molecule has 0 aromatic heterocycles. The molecule has 2 aromatic rings. The molecule has 1 amide bonds. The third-order valence-corrected chi connectivity index (χ3v) is 5.22. The number of benzene rings is 2. The van der Waals surface area contributed by atoms with E-state index in [-0.39, 0.29) is 11.3 Å². The average Bonchev–Trinajstić information content (AvgIpc) is 3.01. The lowest BCUT2D eigenvalue weighted by atomic mass is 9.95. The number of ether oxygens (including phenoxy) is 1. The number of carbonyl (C=O) groups is 2. The number of Topliss-reactive ketones (excluding diaryl/α,β-unsaturated/α-hetero) is 1. The van der Waals surface area contributed by atoms with Gasteiger partial charge in [0.1, 0.15) is 17.3 Å². The molecule has 1 aliphatic heterocycles. The first-order valence-corrected chi connectivity index (χ1v) is 10.6. The molecule has 170 valence electrons. The number of likely N-dealkylation sites (N-methyl/N-ethyl adjacent to an activating group) is 1. The summed E-state index contributed by atoms with van der Waals surface area (Å²) in [7, 11) is 3.73. The Morgan fingerprint density at radius 2 is 1.72 bits per heavy atom. The van der Waals surface area contributed by atoms with Gasteiger partial charge in [0.15, 0.2) is 0 Å². The van der Waals surface area contributed by atoms with Crippen LogP contribution in [0.1, 0.15) is 31.0 Å². The second-order valence-corrected chi connectivity index (χ2v) is 8.58. The van der Waals surface area contributed by atoms with Crippen molar-refractivity contribution in [1.82, 2.24) is 9.80 Å². The molecule has 1 N–H and O–H groups in total. The first-order valence-electron chi connectivity index (χ1n) is 10.6. The average molecular weight is 441 g/mol. The van der Waals surface area contributed by atoms with E-state index in [0.717, 1.165) is 0 Å². The largest absolute Gasteiger partial charge is 0.507 e. The van der Waals surface area contributed by atoms with Gasteiger partial charge in [-0.2, -0.15) is 0 Å². The van der Waals surface area contributed by atoms with E-state index in [4.69, 9.17) is 4.74 Å². The zero-order valence-electron chi connectivity index (χ0n) is 18.8. The highest BCUT2D eigenvalue weighted by molar-refractivity contribution is 6.46. The monoisotopic (exact) mass is 440 g/mol. The molecule has 0 aliphatic carbocycles. The van der Waals surface area contributed by atoms with E-state index >= 15 is 0 Å². The number of aliphatic hydroxyl groups excluding tert-OH is 1. The predicted octanol–water partition coefficient (Wildman–Crippen LogP) is 3.84. The van der Waals surface area contributed by atoms with E-state index in [1.165, 1.54) is 29.2 Å². The number of hydrogen-bond donors (Lipinski definition) is 1. The van der Waals surface area contributed by atoms with E-state index < -0.39 is 23.5 Å². The Labute approximate surface area is 187 Å². The van der Waals surface area contributed by atoms with Crippen LogP contribution in [0.5, 0.6) is 5.75 Å². The summed E-state index contributed by atoms with van der Waals surface area (Å²) in [6, 6.07) is 11.6. The van der Waals surface area contributed by atoms with Gasteiger partial charge >= 0.3 is 0 Å². The lowest BCUT2D eigenvalue weighted by Crippen LogP contribution is -2.35. The number of ketones is 1. The van der Waals surface area contributed by atoms with Gasteiger partial charge in [-0.25, -0.2) is 4.39 Å². The first kappa shape index (κ1) is 23.5. The number of halogens is 1. The van der Waals surface area contributed by atoms with Crippen molar-refractivity contribution < 1.29 is 23.8 Å². The van der Waals surface area contributed by atoms with Crippen LogP contribution in [-0.2, 0) is 9.59 Å². The SMILES string of the molecule is CC(C)COc1ccc(/C(O)=C2\C(=O)C(=O)N(CCN(C)C)[C@@H]2c2ccc(F)cc2)cc1. The molecule has 3 rings (SSSR count). The Kier molecular flexibility index (Phi) is 7.30. The maximum atomic E-state index is 13.5. The molecule has 1 aliphatic rings. The normalized spacial score (nSPS) is 18.1. The number of nitrogens with zero attached hydrogens (tertiary/aromatic N) is 2. The Bertz CT molecular complexity index is 998. The summed E-state index contributed by atoms with van der Waals surface area (Å²) in [6.45, 7) is 5.48. The van der Waals surface area contributed by atoms with Crippen LogP contribution in [-0.4, -0.2) is 60.4 Å². The maximum absolute atomic E-state index is 13.5. The zero-order chi connectivity index (χ0) is 23.4. The third-order valence-electron chi connectivity index (χ3n) is 5.22. The van der Waals surface area contributed by atoms with Crippen molar-refractivity contribution in [2.24, 2.45) is 5.92 Å². The molecular formula is C25H29FN2O4. The van der Waals surface area contributed by atoms with Crippen LogP contribution in [0.2, 0.25) is 0 Å². The van der Waals surface area contributed by atoms with Crippen molar-refractivity contribution in [1.29, 1.82) is 0 Å². The van der Waals surface area contributed by atoms with Crippen molar-refractivity contribution >= 4 is 17.4 Å². The van der Waals surface area contributed by atoms with Gasteiger partial charge in [0.2, 0.25) is 0 Å². The van der Waals surface area contributed by atoms with Crippen molar-refractivity contribution in [2.45, 2.75) is 19.9 Å². The Balaban J connectivity index is 2.02. The molecule has 1 saturated heterocycles. The Morgan fingerprint density at radius 1 is 1.09 bits per heavy atom. The zero-order valence-corrected chi connectivity index (χ0v) is 18.8. The van der Waals surface area contributed by atoms with Crippen molar-refractivity contribution in [2.75, 3.05) is 33.8 Å². The molecule has 32 heavy (non-hydrogen) atoms. The van der Waals surface area contributed by atoms with Crippen LogP contribution in [0.15, 0.2) is 54.1 Å². The summed E-state index contributed by atoms with van der Waals surface area (Å²) < 4.78 is 19.2. The molecule has 0 unspecified atom stereocenters. The van der Waals surface area contributed by atoms with E-state index in [9.17, 15) is 19.1 Å². The molecule has 0 spiro atoms. The number of hydrogen-bond acceptors (Lipinski definition) is 5. The van der Waals surface area contributed by atoms with Gasteiger partial charge in [-0.15, -0.1) is 0 Å². The summed E-state index contributed by atoms with van der Waals surface area (Å²) >= 11 is 0. The van der Waals surface area contributed by atoms with Crippen LogP contribution < -0.4 is 4.74 Å². The van der Waals surface area contributed by atoms with Gasteiger partial charge in [-0.1, -0.05) is 26.0 Å². The third kappa shape index (κ3) is 5.16. The van der Waals surface area contributed by atoms with Gasteiger partial charge in [0.05, 0.1) is 18.2 Å². The number of aliphatic hydroxyl groups is 1. The maximum Gasteiger partial charge on any atom is 0.295 e. The molecule has 2 aromatic carbocycles. The lowest BCUT2D eigenvalue weighted by Gasteiger charge is -2.26. The van der Waals surface area contributed by atoms with Gasteiger partial charge in [0, 0.05) is 18.7 Å². The van der Waals surface area contributed by atoms with E-state index in [2.05, 4.69) is 0 Å². The Hall–Kier alpha value is -3.19. The summed E-state index contributed by atoms with van der Waals surface area (Å²) in [5.74, 6) is -1.10. The molecule has 1 fully saturated rings. The predicted molar refractivity (Wildman–Crippen MR) is 121 cm³/mol. The lowest BCUT2D eigenvalue weighted by molar-refractivity contribution is -0.140. The van der Waals surface area contributed by atoms with Crippen LogP contribution in [0.25, 0.3) is 5.76 Å². The first-order chi connectivity index (χ1) is 15.2. The molecule has 0 radical (unpaired) electrons. The standard InChI is InChI=1S/C25H29FN2O4/c1-16(2)15-32-20-11-7-18(8-12-20)23(29)21-22(17-5-9-19(26)10-6-17)28(14-13-27(3)4)25(31)24(21)30/h5-12,16,22,29H,13-15H2,1-4H3/b23-21+/t22-/m1/s1. The summed E-state index contributed by atoms with van der Waals surface area (Å²) in [4.78, 5) is 29.1. The fourth-order valence-corrected chi connectivity index (χ4v) is 3.54. The molecule has 7 heteroatoms. The van der Waals surface area contributed by atoms with Crippen LogP contribution >= 0.6 is 0 Å². The highest BCUT2D eigenvalue weighted by Gasteiger charge is 2.45. The molecule has 1 atom stereocenters. The van der Waals surface area contributed by atoms with Crippen molar-refractivity contribution in [3.8, 4) is 5.75 Å². The highest BCUT2D eigenvalue weighted by atomic mass is 19.1. The van der Waals surface area contributed by atoms with Crippen molar-refractivity contribution in [3.05, 3.63) is 71.0 Å². The number of amides is 1. The summed E-state index contributed by atoms with van der Waals surface area (Å²) in [6.07, 6.45) is 0. The minimum absolute atomic E-state index is 0.00351. The van der Waals surface area contributed by atoms with Crippen LogP contribution in [0.4, 0.5) is 4.39 Å². The smallest absolute Gasteiger partial charge is 0.295 e. The second-order valence-electron chi connectivity index (χ2n) is 8.58. The van der Waals surface area contributed by atoms with Gasteiger partial charge in [-0.3, -0.25) is 9.59 Å². The number of rotatable bonds is 8. The van der Waals surface area contributed by atoms with Crippen LogP contribution in [0.3, 0.4) is 0 Å². The summed E-state index contributed by atoms with van der Waals surface area (Å²) in [5, 5.41) is 11.1. The van der Waals surface area contributed by atoms with E-state index in [0.29, 0.717) is 42.5 Å². The van der Waals surface area contributed by atoms with Crippen molar-refractivity contribution in [3.63, 3.8) is 0 Å². The topological polar surface area (TPSA) is 70.1 Å². The molecule has 0 saturated carbocycles. The number of carbonyl (C=O) groups excluding carboxylic acids is 2. The summed E-state index contributed by atoms with van der Waals surface area (Å²) in [5.41, 5.74) is 0.957. The number of likely N-dealkylation sites (tertiary alicyclic amines) is 1. The Morgan fingerprint density at radius 3 is 2.28 bits per heavy atom.